The minimum Gasteiger partial charge on any atom is -0.493 e. The van der Waals surface area contributed by atoms with Gasteiger partial charge in [-0.1, -0.05) is 0 Å². The molecule has 2 N–H and O–H groups in total. The molecule has 1 aromatic carbocycles. The molecule has 1 saturated heterocycles. The molecule has 1 fully saturated rings. The summed E-state index contributed by atoms with van der Waals surface area (Å²) >= 11 is 0. The molecule has 26 heavy (non-hydrogen) atoms. The monoisotopic (exact) mass is 412 g/mol. The first-order valence-electron chi connectivity index (χ1n) is 7.98. The van der Waals surface area contributed by atoms with E-state index in [1.54, 1.807) is 7.11 Å². The largest absolute Gasteiger partial charge is 0.493 e. The van der Waals surface area contributed by atoms with Gasteiger partial charge in [-0.15, -0.1) is 12.4 Å². The predicted molar refractivity (Wildman–Crippen MR) is 98.4 cm³/mol. The van der Waals surface area contributed by atoms with Gasteiger partial charge in [0.15, 0.2) is 11.5 Å². The van der Waals surface area contributed by atoms with E-state index in [-0.39, 0.29) is 35.9 Å². The Balaban J connectivity index is 0.00000338. The minimum absolute atomic E-state index is 0. The van der Waals surface area contributed by atoms with Crippen LogP contribution < -0.4 is 19.5 Å². The molecular weight excluding hydrogens is 387 g/mol. The van der Waals surface area contributed by atoms with E-state index in [0.29, 0.717) is 6.61 Å². The standard InChI is InChI=1S/C16H25FN2O5S.ClH/c1-22-11-16(4-6-18-7-5-16)10-19-25(20,21)15-9-14(24-3)13(23-2)8-12(15)17;/h8-9,18-19H,4-7,10-11H2,1-3H3;1H. The van der Waals surface area contributed by atoms with Crippen LogP contribution in [0, 0.1) is 11.2 Å². The number of ether oxygens (including phenoxy) is 3. The van der Waals surface area contributed by atoms with Gasteiger partial charge in [0.2, 0.25) is 10.0 Å². The van der Waals surface area contributed by atoms with E-state index in [1.165, 1.54) is 14.2 Å². The Morgan fingerprint density at radius 1 is 1.15 bits per heavy atom. The Labute approximate surface area is 160 Å². The highest BCUT2D eigenvalue weighted by atomic mass is 35.5. The predicted octanol–water partition coefficient (Wildman–Crippen LogP) is 1.56. The first kappa shape index (κ1) is 22.9. The van der Waals surface area contributed by atoms with Crippen molar-refractivity contribution in [2.24, 2.45) is 5.41 Å². The lowest BCUT2D eigenvalue weighted by Gasteiger charge is -2.37. The van der Waals surface area contributed by atoms with Gasteiger partial charge < -0.3 is 19.5 Å². The summed E-state index contributed by atoms with van der Waals surface area (Å²) in [5, 5.41) is 3.24. The molecular formula is C16H26ClFN2O5S. The van der Waals surface area contributed by atoms with Crippen LogP contribution in [-0.4, -0.2) is 56.0 Å². The van der Waals surface area contributed by atoms with Crippen LogP contribution in [0.2, 0.25) is 0 Å². The van der Waals surface area contributed by atoms with Gasteiger partial charge >= 0.3 is 0 Å². The van der Waals surface area contributed by atoms with E-state index < -0.39 is 20.7 Å². The van der Waals surface area contributed by atoms with Crippen LogP contribution in [-0.2, 0) is 14.8 Å². The molecule has 0 amide bonds. The molecule has 1 aliphatic heterocycles. The SMILES string of the molecule is COCC1(CNS(=O)(=O)c2cc(OC)c(OC)cc2F)CCNCC1.Cl. The molecule has 7 nitrogen and oxygen atoms in total. The van der Waals surface area contributed by atoms with E-state index in [4.69, 9.17) is 14.2 Å². The van der Waals surface area contributed by atoms with Crippen LogP contribution >= 0.6 is 12.4 Å². The second-order valence-electron chi connectivity index (χ2n) is 6.15. The number of methoxy groups -OCH3 is 3. The first-order valence-corrected chi connectivity index (χ1v) is 9.46. The molecule has 0 radical (unpaired) electrons. The molecule has 0 spiro atoms. The van der Waals surface area contributed by atoms with Crippen LogP contribution in [0.1, 0.15) is 12.8 Å². The molecule has 2 rings (SSSR count). The fourth-order valence-electron chi connectivity index (χ4n) is 3.00. The highest BCUT2D eigenvalue weighted by molar-refractivity contribution is 7.89. The van der Waals surface area contributed by atoms with Crippen molar-refractivity contribution >= 4 is 22.4 Å². The summed E-state index contributed by atoms with van der Waals surface area (Å²) in [6, 6.07) is 2.13. The summed E-state index contributed by atoms with van der Waals surface area (Å²) in [6.07, 6.45) is 1.55. The summed E-state index contributed by atoms with van der Waals surface area (Å²) in [7, 11) is 0.268. The molecule has 0 unspecified atom stereocenters. The van der Waals surface area contributed by atoms with Gasteiger partial charge in [-0.2, -0.15) is 0 Å². The summed E-state index contributed by atoms with van der Waals surface area (Å²) in [4.78, 5) is -0.466. The smallest absolute Gasteiger partial charge is 0.243 e. The van der Waals surface area contributed by atoms with Crippen LogP contribution in [0.3, 0.4) is 0 Å². The molecule has 10 heteroatoms. The van der Waals surface area contributed by atoms with Crippen molar-refractivity contribution in [3.8, 4) is 11.5 Å². The summed E-state index contributed by atoms with van der Waals surface area (Å²) in [6.45, 7) is 2.19. The molecule has 0 aromatic heterocycles. The van der Waals surface area contributed by atoms with Crippen molar-refractivity contribution < 1.29 is 27.0 Å². The van der Waals surface area contributed by atoms with Crippen LogP contribution in [0.4, 0.5) is 4.39 Å². The normalized spacial score (nSPS) is 16.6. The van der Waals surface area contributed by atoms with E-state index in [1.807, 2.05) is 0 Å². The maximum atomic E-state index is 14.3. The van der Waals surface area contributed by atoms with Gasteiger partial charge in [0.1, 0.15) is 10.7 Å². The van der Waals surface area contributed by atoms with Gasteiger partial charge in [-0.3, -0.25) is 0 Å². The highest BCUT2D eigenvalue weighted by Crippen LogP contribution is 2.33. The van der Waals surface area contributed by atoms with E-state index in [0.717, 1.165) is 38.1 Å². The lowest BCUT2D eigenvalue weighted by molar-refractivity contribution is 0.0577. The van der Waals surface area contributed by atoms with Crippen LogP contribution in [0.25, 0.3) is 0 Å². The van der Waals surface area contributed by atoms with Crippen molar-refractivity contribution in [3.05, 3.63) is 17.9 Å². The number of piperidine rings is 1. The van der Waals surface area contributed by atoms with E-state index >= 15 is 0 Å². The number of nitrogens with one attached hydrogen (secondary N) is 2. The fourth-order valence-corrected chi connectivity index (χ4v) is 4.23. The zero-order valence-corrected chi connectivity index (χ0v) is 16.8. The number of sulfonamides is 1. The Kier molecular flexibility index (Phi) is 8.55. The molecule has 0 aliphatic carbocycles. The molecule has 1 aliphatic rings. The quantitative estimate of drug-likeness (QED) is 0.674. The Morgan fingerprint density at radius 3 is 2.27 bits per heavy atom. The van der Waals surface area contributed by atoms with Crippen molar-refractivity contribution in [1.29, 1.82) is 0 Å². The third kappa shape index (κ3) is 5.20. The van der Waals surface area contributed by atoms with Gasteiger partial charge in [0.25, 0.3) is 0 Å². The molecule has 1 aromatic rings. The Bertz CT molecular complexity index is 691. The van der Waals surface area contributed by atoms with Crippen LogP contribution in [0.15, 0.2) is 17.0 Å². The van der Waals surface area contributed by atoms with Crippen molar-refractivity contribution in [2.75, 3.05) is 47.6 Å². The zero-order chi connectivity index (χ0) is 18.5. The number of benzene rings is 1. The fraction of sp³-hybridized carbons (Fsp3) is 0.625. The summed E-state index contributed by atoms with van der Waals surface area (Å²) < 4.78 is 57.3. The average molecular weight is 413 g/mol. The highest BCUT2D eigenvalue weighted by Gasteiger charge is 2.34. The van der Waals surface area contributed by atoms with Gasteiger partial charge in [-0.05, 0) is 25.9 Å². The zero-order valence-electron chi connectivity index (χ0n) is 15.1. The second-order valence-corrected chi connectivity index (χ2v) is 7.88. The van der Waals surface area contributed by atoms with Crippen molar-refractivity contribution in [3.63, 3.8) is 0 Å². The summed E-state index contributed by atoms with van der Waals surface area (Å²) in [5.41, 5.74) is -0.305. The molecule has 0 atom stereocenters. The van der Waals surface area contributed by atoms with Crippen LogP contribution in [0.5, 0.6) is 11.5 Å². The third-order valence-corrected chi connectivity index (χ3v) is 5.90. The number of hydrogen-bond acceptors (Lipinski definition) is 6. The maximum Gasteiger partial charge on any atom is 0.243 e. The number of rotatable bonds is 8. The topological polar surface area (TPSA) is 85.9 Å². The number of hydrogen-bond donors (Lipinski definition) is 2. The molecule has 0 bridgehead atoms. The second kappa shape index (κ2) is 9.70. The summed E-state index contributed by atoms with van der Waals surface area (Å²) in [5.74, 6) is -0.609. The van der Waals surface area contributed by atoms with Gasteiger partial charge in [-0.25, -0.2) is 17.5 Å². The van der Waals surface area contributed by atoms with Crippen molar-refractivity contribution in [2.45, 2.75) is 17.7 Å². The number of halogens is 2. The van der Waals surface area contributed by atoms with Gasteiger partial charge in [0, 0.05) is 31.2 Å². The van der Waals surface area contributed by atoms with Crippen molar-refractivity contribution in [1.82, 2.24) is 10.0 Å². The lowest BCUT2D eigenvalue weighted by Crippen LogP contribution is -2.47. The van der Waals surface area contributed by atoms with E-state index in [9.17, 15) is 12.8 Å². The van der Waals surface area contributed by atoms with E-state index in [2.05, 4.69) is 10.0 Å². The maximum absolute atomic E-state index is 14.3. The third-order valence-electron chi connectivity index (χ3n) is 4.48. The molecule has 150 valence electrons. The molecule has 1 heterocycles. The Hall–Kier alpha value is -1.13. The lowest BCUT2D eigenvalue weighted by atomic mass is 9.80. The first-order chi connectivity index (χ1) is 11.9. The van der Waals surface area contributed by atoms with Gasteiger partial charge in [0.05, 0.1) is 20.8 Å². The molecule has 0 saturated carbocycles. The minimum atomic E-state index is -4.04. The average Bonchev–Trinajstić information content (AvgIpc) is 2.61. The Morgan fingerprint density at radius 2 is 1.73 bits per heavy atom.